The van der Waals surface area contributed by atoms with Crippen LogP contribution >= 0.6 is 15.2 Å². The Balaban J connectivity index is 0.814. The zero-order valence-corrected chi connectivity index (χ0v) is 46.5. The monoisotopic (exact) mass is 1230 g/mol. The summed E-state index contributed by atoms with van der Waals surface area (Å²) in [6.07, 6.45) is -8.34. The minimum Gasteiger partial charge on any atom is -0.420 e. The van der Waals surface area contributed by atoms with E-state index in [1.54, 1.807) is 15.8 Å². The quantitative estimate of drug-likeness (QED) is 0.0124. The molecule has 1 fully saturated rings. The third-order valence-electron chi connectivity index (χ3n) is 11.6. The summed E-state index contributed by atoms with van der Waals surface area (Å²) >= 11 is 0. The molecule has 0 amide bonds. The molecular formula is C48H64F6N8O19P2. The molecule has 4 heterocycles. The highest BCUT2D eigenvalue weighted by atomic mass is 31.2. The number of hydrogen-bond donors (Lipinski definition) is 5. The minimum absolute atomic E-state index is 0.00585. The predicted octanol–water partition coefficient (Wildman–Crippen LogP) is 3.45. The van der Waals surface area contributed by atoms with E-state index in [1.165, 1.54) is 31.3 Å². The first-order valence-corrected chi connectivity index (χ1v) is 29.1. The topological polar surface area (TPSA) is 331 Å². The summed E-state index contributed by atoms with van der Waals surface area (Å²) in [5, 5.41) is 34.3. The number of alkyl halides is 3. The predicted molar refractivity (Wildman–Crippen MR) is 273 cm³/mol. The summed E-state index contributed by atoms with van der Waals surface area (Å²) in [5.74, 6) is -6.92. The van der Waals surface area contributed by atoms with Gasteiger partial charge in [0, 0.05) is 25.2 Å². The van der Waals surface area contributed by atoms with Crippen molar-refractivity contribution in [2.75, 3.05) is 123 Å². The number of aliphatic hydroxyl groups is 2. The molecule has 0 radical (unpaired) electrons. The molecular weight excluding hydrogens is 1170 g/mol. The number of hydrogen-bond acceptors (Lipinski definition) is 22. The third-order valence-corrected chi connectivity index (χ3v) is 15.0. The SMILES string of the molecule is Cc1nc(N(CCOCCOCCOCCOCc2cn(CCOCCOCCOCCOCCC(=O)Oc3c(F)cc(F)cc3F)nn2)Cc2ccccc2C(F)(F)F)c2cnn([C@@H]3O[C@H](COP(=O)(O)CP(=O)(O)O)[C@@H](O)[C@H]3O)c2n1. The number of esters is 1. The first-order valence-electron chi connectivity index (χ1n) is 25.6. The van der Waals surface area contributed by atoms with Gasteiger partial charge in [-0.05, 0) is 18.6 Å². The number of aromatic nitrogens is 7. The van der Waals surface area contributed by atoms with Gasteiger partial charge in [0.05, 0.1) is 149 Å². The summed E-state index contributed by atoms with van der Waals surface area (Å²) in [6.45, 7) is 4.21. The van der Waals surface area contributed by atoms with E-state index >= 15 is 0 Å². The van der Waals surface area contributed by atoms with E-state index in [9.17, 15) is 55.4 Å². The number of nitrogens with zero attached hydrogens (tertiary/aromatic N) is 8. The molecule has 1 aliphatic rings. The number of ether oxygens (including phenoxy) is 10. The summed E-state index contributed by atoms with van der Waals surface area (Å²) in [5.41, 5.74) is -0.295. The van der Waals surface area contributed by atoms with Crippen LogP contribution in [0, 0.1) is 24.4 Å². The number of fused-ring (bicyclic) bond motifs is 1. The highest BCUT2D eigenvalue weighted by molar-refractivity contribution is 7.70. The molecule has 2 aromatic carbocycles. The van der Waals surface area contributed by atoms with Gasteiger partial charge in [-0.25, -0.2) is 32.5 Å². The van der Waals surface area contributed by atoms with Crippen LogP contribution in [0.25, 0.3) is 11.0 Å². The Kier molecular flexibility index (Phi) is 26.6. The van der Waals surface area contributed by atoms with E-state index in [2.05, 4.69) is 30.1 Å². The lowest BCUT2D eigenvalue weighted by Crippen LogP contribution is -2.34. The maximum absolute atomic E-state index is 14.2. The number of carbonyl (C=O) groups is 1. The van der Waals surface area contributed by atoms with E-state index in [0.717, 1.165) is 10.7 Å². The van der Waals surface area contributed by atoms with Crippen molar-refractivity contribution in [2.24, 2.45) is 0 Å². The summed E-state index contributed by atoms with van der Waals surface area (Å²) in [6, 6.07) is 5.84. The van der Waals surface area contributed by atoms with Gasteiger partial charge in [0.2, 0.25) is 5.75 Å². The Labute approximate surface area is 470 Å². The molecule has 35 heteroatoms. The summed E-state index contributed by atoms with van der Waals surface area (Å²) in [7, 11) is -9.81. The molecule has 1 aliphatic heterocycles. The van der Waals surface area contributed by atoms with Crippen LogP contribution in [0.2, 0.25) is 0 Å². The zero-order valence-electron chi connectivity index (χ0n) is 44.7. The largest absolute Gasteiger partial charge is 0.420 e. The van der Waals surface area contributed by atoms with Gasteiger partial charge < -0.3 is 81.7 Å². The van der Waals surface area contributed by atoms with E-state index in [4.69, 9.17) is 56.9 Å². The zero-order chi connectivity index (χ0) is 60.0. The standard InChI is InChI=1S/C48H64F6N8O19P2/c1-32-56-45(36-26-55-62(46(36)57-32)47-43(65)42(64)40(80-47)30-79-83(69,70)31-82(66,67)68)60(27-33-4-2-3-5-37(33)48(52,53)54)7-10-72-13-16-75-20-21-77-22-23-78-29-35-28-61(59-58-35)8-11-73-14-17-76-19-18-74-15-12-71-9-6-41(63)81-44-38(50)24-34(49)25-39(44)51/h2-5,24-26,28,40,42-43,47,64-65H,6-23,27,29-31H2,1H3,(H,69,70)(H2,66,67,68)/t40-,42-,43-,47-/m1/s1. The van der Waals surface area contributed by atoms with Crippen LogP contribution in [-0.2, 0) is 87.0 Å². The molecule has 462 valence electrons. The van der Waals surface area contributed by atoms with Gasteiger partial charge in [0.1, 0.15) is 41.5 Å². The van der Waals surface area contributed by atoms with Crippen molar-refractivity contribution in [3.63, 3.8) is 0 Å². The first-order chi connectivity index (χ1) is 39.6. The number of halogens is 6. The molecule has 1 saturated heterocycles. The van der Waals surface area contributed by atoms with Crippen molar-refractivity contribution in [3.05, 3.63) is 88.9 Å². The fourth-order valence-electron chi connectivity index (χ4n) is 7.77. The highest BCUT2D eigenvalue weighted by Gasteiger charge is 2.46. The van der Waals surface area contributed by atoms with Crippen molar-refractivity contribution in [1.29, 1.82) is 0 Å². The van der Waals surface area contributed by atoms with Gasteiger partial charge in [-0.3, -0.25) is 13.9 Å². The van der Waals surface area contributed by atoms with E-state index < -0.39 is 93.2 Å². The van der Waals surface area contributed by atoms with Crippen molar-refractivity contribution in [1.82, 2.24) is 34.7 Å². The van der Waals surface area contributed by atoms with E-state index in [1.807, 2.05) is 0 Å². The second kappa shape index (κ2) is 32.9. The second-order valence-corrected chi connectivity index (χ2v) is 22.0. The molecule has 83 heavy (non-hydrogen) atoms. The van der Waals surface area contributed by atoms with Crippen LogP contribution < -0.4 is 9.64 Å². The third kappa shape index (κ3) is 22.3. The number of carbonyl (C=O) groups excluding carboxylic acids is 1. The first kappa shape index (κ1) is 67.0. The maximum Gasteiger partial charge on any atom is 0.416 e. The lowest BCUT2D eigenvalue weighted by Gasteiger charge is -2.26. The van der Waals surface area contributed by atoms with Gasteiger partial charge in [-0.2, -0.15) is 18.3 Å². The lowest BCUT2D eigenvalue weighted by molar-refractivity contribution is -0.138. The van der Waals surface area contributed by atoms with Gasteiger partial charge >= 0.3 is 27.3 Å². The molecule has 3 aromatic heterocycles. The Morgan fingerprint density at radius 1 is 0.771 bits per heavy atom. The Morgan fingerprint density at radius 3 is 1.96 bits per heavy atom. The Hall–Kier alpha value is -5.16. The van der Waals surface area contributed by atoms with Crippen molar-refractivity contribution >= 4 is 38.0 Å². The molecule has 0 saturated carbocycles. The smallest absolute Gasteiger partial charge is 0.416 e. The molecule has 0 aliphatic carbocycles. The molecule has 5 N–H and O–H groups in total. The average molecular weight is 1230 g/mol. The highest BCUT2D eigenvalue weighted by Crippen LogP contribution is 2.55. The number of anilines is 1. The number of benzene rings is 2. The van der Waals surface area contributed by atoms with Crippen LogP contribution in [0.15, 0.2) is 48.8 Å². The van der Waals surface area contributed by atoms with Gasteiger partial charge in [0.25, 0.3) is 0 Å². The number of aliphatic hydroxyl groups excluding tert-OH is 2. The van der Waals surface area contributed by atoms with E-state index in [-0.39, 0.29) is 127 Å². The van der Waals surface area contributed by atoms with Crippen LogP contribution in [0.3, 0.4) is 0 Å². The lowest BCUT2D eigenvalue weighted by atomic mass is 10.1. The maximum atomic E-state index is 14.2. The second-order valence-electron chi connectivity index (χ2n) is 18.0. The van der Waals surface area contributed by atoms with Crippen LogP contribution in [-0.4, -0.2) is 202 Å². The molecule has 0 spiro atoms. The molecule has 0 bridgehead atoms. The van der Waals surface area contributed by atoms with Crippen LogP contribution in [0.5, 0.6) is 5.75 Å². The van der Waals surface area contributed by atoms with Crippen LogP contribution in [0.1, 0.15) is 35.3 Å². The Bertz CT molecular complexity index is 2890. The van der Waals surface area contributed by atoms with Crippen molar-refractivity contribution < 1.29 is 117 Å². The summed E-state index contributed by atoms with van der Waals surface area (Å²) < 4.78 is 168. The summed E-state index contributed by atoms with van der Waals surface area (Å²) in [4.78, 5) is 50.4. The number of aryl methyl sites for hydroxylation is 1. The molecule has 1 unspecified atom stereocenters. The fraction of sp³-hybridized carbons (Fsp3) is 0.583. The Morgan fingerprint density at radius 2 is 1.35 bits per heavy atom. The minimum atomic E-state index is -4.96. The van der Waals surface area contributed by atoms with Gasteiger partial charge in [-0.1, -0.05) is 23.4 Å². The average Bonchev–Trinajstić information content (AvgIpc) is 4.37. The number of rotatable bonds is 39. The molecule has 5 atom stereocenters. The van der Waals surface area contributed by atoms with Gasteiger partial charge in [-0.15, -0.1) is 5.10 Å². The normalized spacial score (nSPS) is 17.4. The van der Waals surface area contributed by atoms with Gasteiger partial charge in [0.15, 0.2) is 29.4 Å². The fourth-order valence-corrected chi connectivity index (χ4v) is 10.3. The van der Waals surface area contributed by atoms with E-state index in [0.29, 0.717) is 50.8 Å². The van der Waals surface area contributed by atoms with Crippen LogP contribution in [0.4, 0.5) is 32.2 Å². The van der Waals surface area contributed by atoms with Crippen molar-refractivity contribution in [2.45, 2.75) is 63.8 Å². The molecule has 27 nitrogen and oxygen atoms in total. The van der Waals surface area contributed by atoms with Crippen molar-refractivity contribution in [3.8, 4) is 5.75 Å². The molecule has 6 rings (SSSR count). The molecule has 5 aromatic rings.